The number of hydrogen-bond acceptors (Lipinski definition) is 4. The Hall–Kier alpha value is -1.48. The van der Waals surface area contributed by atoms with Crippen molar-refractivity contribution in [1.29, 1.82) is 0 Å². The van der Waals surface area contributed by atoms with Crippen LogP contribution in [0.4, 0.5) is 13.2 Å². The van der Waals surface area contributed by atoms with Crippen LogP contribution in [0.25, 0.3) is 5.65 Å². The molecule has 0 unspecified atom stereocenters. The maximum absolute atomic E-state index is 12.8. The molecule has 0 spiro atoms. The molecule has 1 aliphatic rings. The smallest absolute Gasteiger partial charge is 0.353 e. The zero-order chi connectivity index (χ0) is 15.9. The number of carbonyl (C=O) groups is 1. The SMILES string of the molecule is O=C(CSc1nnc2c(Cl)cc(C(F)(F)F)cn12)NC1CC1. The first kappa shape index (κ1) is 15.4. The van der Waals surface area contributed by atoms with E-state index in [1.165, 1.54) is 0 Å². The molecule has 1 aliphatic carbocycles. The Bertz CT molecular complexity index is 729. The second-order valence-electron chi connectivity index (χ2n) is 4.88. The molecule has 2 aromatic heterocycles. The Balaban J connectivity index is 1.83. The summed E-state index contributed by atoms with van der Waals surface area (Å²) in [5, 5.41) is 10.4. The molecule has 1 saturated carbocycles. The number of nitrogens with one attached hydrogen (secondary N) is 1. The second kappa shape index (κ2) is 5.62. The standard InChI is InChI=1S/C12H10ClF3N4OS/c13-8-3-6(12(14,15)16)4-20-10(8)18-19-11(20)22-5-9(21)17-7-1-2-7/h3-4,7H,1-2,5H2,(H,17,21). The van der Waals surface area contributed by atoms with Gasteiger partial charge in [-0.15, -0.1) is 10.2 Å². The van der Waals surface area contributed by atoms with E-state index < -0.39 is 11.7 Å². The zero-order valence-corrected chi connectivity index (χ0v) is 12.6. The van der Waals surface area contributed by atoms with Gasteiger partial charge in [0.25, 0.3) is 0 Å². The number of thioether (sulfide) groups is 1. The van der Waals surface area contributed by atoms with Crippen LogP contribution in [0.2, 0.25) is 5.02 Å². The van der Waals surface area contributed by atoms with E-state index in [9.17, 15) is 18.0 Å². The predicted molar refractivity (Wildman–Crippen MR) is 74.9 cm³/mol. The summed E-state index contributed by atoms with van der Waals surface area (Å²) >= 11 is 6.82. The van der Waals surface area contributed by atoms with Gasteiger partial charge in [0.15, 0.2) is 10.8 Å². The van der Waals surface area contributed by atoms with Crippen molar-refractivity contribution in [3.63, 3.8) is 0 Å². The molecule has 0 bridgehead atoms. The number of halogens is 4. The molecule has 1 N–H and O–H groups in total. The van der Waals surface area contributed by atoms with Crippen molar-refractivity contribution in [1.82, 2.24) is 19.9 Å². The largest absolute Gasteiger partial charge is 0.417 e. The van der Waals surface area contributed by atoms with E-state index in [0.717, 1.165) is 41.3 Å². The number of nitrogens with zero attached hydrogens (tertiary/aromatic N) is 3. The highest BCUT2D eigenvalue weighted by Gasteiger charge is 2.32. The van der Waals surface area contributed by atoms with Crippen molar-refractivity contribution < 1.29 is 18.0 Å². The lowest BCUT2D eigenvalue weighted by Gasteiger charge is -2.08. The van der Waals surface area contributed by atoms with Gasteiger partial charge in [0.2, 0.25) is 5.91 Å². The Morgan fingerprint density at radius 1 is 1.45 bits per heavy atom. The molecule has 118 valence electrons. The zero-order valence-electron chi connectivity index (χ0n) is 11.0. The van der Waals surface area contributed by atoms with Crippen molar-refractivity contribution in [3.8, 4) is 0 Å². The van der Waals surface area contributed by atoms with Crippen LogP contribution in [0.1, 0.15) is 18.4 Å². The van der Waals surface area contributed by atoms with Crippen LogP contribution in [0, 0.1) is 0 Å². The summed E-state index contributed by atoms with van der Waals surface area (Å²) < 4.78 is 39.6. The van der Waals surface area contributed by atoms with Crippen molar-refractivity contribution >= 4 is 34.9 Å². The lowest BCUT2D eigenvalue weighted by Crippen LogP contribution is -2.27. The van der Waals surface area contributed by atoms with Crippen LogP contribution in [0.5, 0.6) is 0 Å². The second-order valence-corrected chi connectivity index (χ2v) is 6.23. The number of amides is 1. The Morgan fingerprint density at radius 3 is 2.82 bits per heavy atom. The van der Waals surface area contributed by atoms with Gasteiger partial charge < -0.3 is 5.32 Å². The molecular weight excluding hydrogens is 341 g/mol. The lowest BCUT2D eigenvalue weighted by molar-refractivity contribution is -0.137. The summed E-state index contributed by atoms with van der Waals surface area (Å²) in [6.45, 7) is 0. The van der Waals surface area contributed by atoms with Crippen molar-refractivity contribution in [2.24, 2.45) is 0 Å². The van der Waals surface area contributed by atoms with Crippen LogP contribution in [-0.2, 0) is 11.0 Å². The molecule has 0 atom stereocenters. The summed E-state index contributed by atoms with van der Waals surface area (Å²) in [4.78, 5) is 11.6. The minimum absolute atomic E-state index is 0.0607. The fraction of sp³-hybridized carbons (Fsp3) is 0.417. The van der Waals surface area contributed by atoms with Gasteiger partial charge in [0.05, 0.1) is 16.3 Å². The van der Waals surface area contributed by atoms with Crippen LogP contribution in [0.3, 0.4) is 0 Å². The van der Waals surface area contributed by atoms with Crippen LogP contribution in [-0.4, -0.2) is 32.3 Å². The molecule has 2 aromatic rings. The topological polar surface area (TPSA) is 59.3 Å². The average Bonchev–Trinajstić information content (AvgIpc) is 3.13. The number of fused-ring (bicyclic) bond motifs is 1. The van der Waals surface area contributed by atoms with E-state index in [-0.39, 0.29) is 33.5 Å². The fourth-order valence-corrected chi connectivity index (χ4v) is 2.78. The molecule has 0 aliphatic heterocycles. The normalized spacial score (nSPS) is 15.3. The number of pyridine rings is 1. The highest BCUT2D eigenvalue weighted by Crippen LogP contribution is 2.33. The first-order chi connectivity index (χ1) is 10.3. The summed E-state index contributed by atoms with van der Waals surface area (Å²) in [5.41, 5.74) is -0.770. The molecular formula is C12H10ClF3N4OS. The minimum atomic E-state index is -4.52. The van der Waals surface area contributed by atoms with Gasteiger partial charge in [-0.25, -0.2) is 0 Å². The van der Waals surface area contributed by atoms with E-state index in [1.54, 1.807) is 0 Å². The van der Waals surface area contributed by atoms with Crippen molar-refractivity contribution in [2.45, 2.75) is 30.2 Å². The monoisotopic (exact) mass is 350 g/mol. The Kier molecular flexibility index (Phi) is 3.94. The van der Waals surface area contributed by atoms with Gasteiger partial charge >= 0.3 is 6.18 Å². The summed E-state index contributed by atoms with van der Waals surface area (Å²) in [6, 6.07) is 1.04. The number of hydrogen-bond donors (Lipinski definition) is 1. The highest BCUT2D eigenvalue weighted by molar-refractivity contribution is 7.99. The molecule has 22 heavy (non-hydrogen) atoms. The van der Waals surface area contributed by atoms with Gasteiger partial charge in [-0.05, 0) is 18.9 Å². The third-order valence-electron chi connectivity index (χ3n) is 3.03. The molecule has 0 saturated heterocycles. The van der Waals surface area contributed by atoms with E-state index in [0.29, 0.717) is 0 Å². The van der Waals surface area contributed by atoms with Crippen molar-refractivity contribution in [3.05, 3.63) is 22.8 Å². The van der Waals surface area contributed by atoms with E-state index in [2.05, 4.69) is 15.5 Å². The molecule has 1 fully saturated rings. The Labute approximate surface area is 132 Å². The molecule has 1 amide bonds. The van der Waals surface area contributed by atoms with E-state index in [4.69, 9.17) is 11.6 Å². The fourth-order valence-electron chi connectivity index (χ4n) is 1.81. The molecule has 5 nitrogen and oxygen atoms in total. The van der Waals surface area contributed by atoms with Gasteiger partial charge in [0.1, 0.15) is 0 Å². The molecule has 0 radical (unpaired) electrons. The third kappa shape index (κ3) is 3.30. The summed E-state index contributed by atoms with van der Waals surface area (Å²) in [7, 11) is 0. The molecule has 2 heterocycles. The molecule has 3 rings (SSSR count). The number of alkyl halides is 3. The van der Waals surface area contributed by atoms with Crippen LogP contribution >= 0.6 is 23.4 Å². The van der Waals surface area contributed by atoms with Gasteiger partial charge in [-0.3, -0.25) is 9.20 Å². The van der Waals surface area contributed by atoms with Crippen LogP contribution in [0.15, 0.2) is 17.4 Å². The Morgan fingerprint density at radius 2 is 2.18 bits per heavy atom. The van der Waals surface area contributed by atoms with E-state index in [1.807, 2.05) is 0 Å². The summed E-state index contributed by atoms with van der Waals surface area (Å²) in [6.07, 6.45) is -1.71. The number of rotatable bonds is 4. The molecule has 0 aromatic carbocycles. The van der Waals surface area contributed by atoms with E-state index >= 15 is 0 Å². The predicted octanol–water partition coefficient (Wildman–Crippen LogP) is 2.77. The molecule has 10 heteroatoms. The van der Waals surface area contributed by atoms with Crippen LogP contribution < -0.4 is 5.32 Å². The first-order valence-corrected chi connectivity index (χ1v) is 7.74. The highest BCUT2D eigenvalue weighted by atomic mass is 35.5. The van der Waals surface area contributed by atoms with Gasteiger partial charge in [0, 0.05) is 12.2 Å². The maximum Gasteiger partial charge on any atom is 0.417 e. The summed E-state index contributed by atoms with van der Waals surface area (Å²) in [5.74, 6) is -0.118. The minimum Gasteiger partial charge on any atom is -0.353 e. The number of aromatic nitrogens is 3. The number of carbonyl (C=O) groups excluding carboxylic acids is 1. The van der Waals surface area contributed by atoms with Gasteiger partial charge in [-0.1, -0.05) is 23.4 Å². The lowest BCUT2D eigenvalue weighted by atomic mass is 10.3. The quantitative estimate of drug-likeness (QED) is 0.861. The first-order valence-electron chi connectivity index (χ1n) is 6.38. The van der Waals surface area contributed by atoms with Crippen molar-refractivity contribution in [2.75, 3.05) is 5.75 Å². The average molecular weight is 351 g/mol. The third-order valence-corrected chi connectivity index (χ3v) is 4.25. The maximum atomic E-state index is 12.8. The van der Waals surface area contributed by atoms with Gasteiger partial charge in [-0.2, -0.15) is 13.2 Å².